The Hall–Kier alpha value is -3.20. The van der Waals surface area contributed by atoms with E-state index in [0.29, 0.717) is 24.9 Å². The Bertz CT molecular complexity index is 944. The number of ether oxygens (including phenoxy) is 1. The first-order chi connectivity index (χ1) is 16.4. The Balaban J connectivity index is 0.00000103. The van der Waals surface area contributed by atoms with Gasteiger partial charge in [-0.1, -0.05) is 44.5 Å². The minimum atomic E-state index is -0.379. The molecule has 0 aliphatic carbocycles. The van der Waals surface area contributed by atoms with Gasteiger partial charge in [-0.15, -0.1) is 0 Å². The van der Waals surface area contributed by atoms with Gasteiger partial charge >= 0.3 is 6.09 Å². The SMILES string of the molecule is CC(=O)N1CCN(Cc2ccc(C(C)Nc3nccc(N4CCOC4=O)n3)cc2)CC1.CCC. The molecule has 0 bridgehead atoms. The summed E-state index contributed by atoms with van der Waals surface area (Å²) in [5, 5.41) is 3.30. The fourth-order valence-corrected chi connectivity index (χ4v) is 3.84. The zero-order chi connectivity index (χ0) is 24.5. The molecule has 2 saturated heterocycles. The molecule has 0 radical (unpaired) electrons. The summed E-state index contributed by atoms with van der Waals surface area (Å²) in [5.41, 5.74) is 2.37. The van der Waals surface area contributed by atoms with E-state index in [-0.39, 0.29) is 18.0 Å². The van der Waals surface area contributed by atoms with Crippen LogP contribution in [0.3, 0.4) is 0 Å². The molecule has 184 valence electrons. The molecule has 2 fully saturated rings. The number of benzene rings is 1. The van der Waals surface area contributed by atoms with Crippen LogP contribution in [-0.2, 0) is 16.1 Å². The van der Waals surface area contributed by atoms with Gasteiger partial charge < -0.3 is 15.0 Å². The van der Waals surface area contributed by atoms with Crippen LogP contribution in [0.2, 0.25) is 0 Å². The van der Waals surface area contributed by atoms with Crippen LogP contribution in [0.4, 0.5) is 16.6 Å². The number of aromatic nitrogens is 2. The first-order valence-electron chi connectivity index (χ1n) is 12.0. The lowest BCUT2D eigenvalue weighted by molar-refractivity contribution is -0.130. The minimum absolute atomic E-state index is 0.00828. The van der Waals surface area contributed by atoms with E-state index in [2.05, 4.69) is 65.2 Å². The van der Waals surface area contributed by atoms with E-state index in [9.17, 15) is 9.59 Å². The lowest BCUT2D eigenvalue weighted by atomic mass is 10.1. The van der Waals surface area contributed by atoms with E-state index in [1.807, 2.05) is 4.90 Å². The fraction of sp³-hybridized carbons (Fsp3) is 0.520. The monoisotopic (exact) mass is 468 g/mol. The van der Waals surface area contributed by atoms with Crippen LogP contribution in [0, 0.1) is 0 Å². The van der Waals surface area contributed by atoms with Crippen molar-refractivity contribution >= 4 is 23.8 Å². The van der Waals surface area contributed by atoms with E-state index in [4.69, 9.17) is 4.74 Å². The summed E-state index contributed by atoms with van der Waals surface area (Å²) in [6.45, 7) is 13.1. The van der Waals surface area contributed by atoms with Crippen LogP contribution in [0.5, 0.6) is 0 Å². The lowest BCUT2D eigenvalue weighted by Crippen LogP contribution is -2.47. The van der Waals surface area contributed by atoms with Crippen molar-refractivity contribution in [2.24, 2.45) is 0 Å². The van der Waals surface area contributed by atoms with E-state index < -0.39 is 0 Å². The molecule has 1 aromatic heterocycles. The molecular formula is C25H36N6O3. The zero-order valence-corrected chi connectivity index (χ0v) is 20.7. The predicted octanol–water partition coefficient (Wildman–Crippen LogP) is 3.69. The molecule has 9 heteroatoms. The second-order valence-corrected chi connectivity index (χ2v) is 8.60. The van der Waals surface area contributed by atoms with Gasteiger partial charge in [-0.25, -0.2) is 9.78 Å². The average Bonchev–Trinajstić information content (AvgIpc) is 3.26. The number of anilines is 2. The van der Waals surface area contributed by atoms with Crippen molar-refractivity contribution in [2.45, 2.75) is 46.7 Å². The molecule has 0 saturated carbocycles. The van der Waals surface area contributed by atoms with Crippen LogP contribution >= 0.6 is 0 Å². The highest BCUT2D eigenvalue weighted by molar-refractivity contribution is 5.88. The molecule has 2 aliphatic heterocycles. The summed E-state index contributed by atoms with van der Waals surface area (Å²) < 4.78 is 4.98. The Kier molecular flexibility index (Phi) is 9.21. The average molecular weight is 469 g/mol. The Morgan fingerprint density at radius 2 is 1.76 bits per heavy atom. The summed E-state index contributed by atoms with van der Waals surface area (Å²) in [6.07, 6.45) is 2.51. The maximum Gasteiger partial charge on any atom is 0.415 e. The smallest absolute Gasteiger partial charge is 0.415 e. The van der Waals surface area contributed by atoms with Crippen molar-refractivity contribution in [1.29, 1.82) is 0 Å². The van der Waals surface area contributed by atoms with Crippen LogP contribution in [-0.4, -0.2) is 71.1 Å². The normalized spacial score (nSPS) is 17.0. The topological polar surface area (TPSA) is 90.9 Å². The summed E-state index contributed by atoms with van der Waals surface area (Å²) in [5.74, 6) is 1.16. The molecule has 1 unspecified atom stereocenters. The van der Waals surface area contributed by atoms with Crippen LogP contribution in [0.1, 0.15) is 51.3 Å². The number of hydrogen-bond acceptors (Lipinski definition) is 7. The quantitative estimate of drug-likeness (QED) is 0.691. The molecule has 0 spiro atoms. The zero-order valence-electron chi connectivity index (χ0n) is 20.7. The first kappa shape index (κ1) is 25.4. The molecule has 1 aromatic carbocycles. The standard InChI is InChI=1S/C22H28N6O3.C3H8/c1-16(24-21-23-8-7-20(25-21)28-13-14-31-22(28)30)19-5-3-18(4-6-19)15-26-9-11-27(12-10-26)17(2)29;1-3-2/h3-8,16H,9-15H2,1-2H3,(H,23,24,25);3H2,1-2H3. The lowest BCUT2D eigenvalue weighted by Gasteiger charge is -2.34. The van der Waals surface area contributed by atoms with Gasteiger partial charge in [0.2, 0.25) is 11.9 Å². The molecule has 3 heterocycles. The number of carbonyl (C=O) groups excluding carboxylic acids is 2. The Morgan fingerprint density at radius 3 is 2.35 bits per heavy atom. The Morgan fingerprint density at radius 1 is 1.09 bits per heavy atom. The predicted molar refractivity (Wildman–Crippen MR) is 133 cm³/mol. The van der Waals surface area contributed by atoms with Crippen LogP contribution in [0.25, 0.3) is 0 Å². The van der Waals surface area contributed by atoms with Crippen molar-refractivity contribution in [2.75, 3.05) is 49.5 Å². The van der Waals surface area contributed by atoms with Crippen LogP contribution < -0.4 is 10.2 Å². The second-order valence-electron chi connectivity index (χ2n) is 8.60. The third kappa shape index (κ3) is 6.90. The summed E-state index contributed by atoms with van der Waals surface area (Å²) >= 11 is 0. The Labute approximate surface area is 202 Å². The molecule has 1 atom stereocenters. The third-order valence-corrected chi connectivity index (χ3v) is 5.73. The molecule has 2 aliphatic rings. The van der Waals surface area contributed by atoms with Crippen molar-refractivity contribution in [3.8, 4) is 0 Å². The summed E-state index contributed by atoms with van der Waals surface area (Å²) in [7, 11) is 0. The van der Waals surface area contributed by atoms with Crippen molar-refractivity contribution in [3.05, 3.63) is 47.7 Å². The van der Waals surface area contributed by atoms with E-state index >= 15 is 0 Å². The highest BCUT2D eigenvalue weighted by atomic mass is 16.6. The number of piperazine rings is 1. The number of amides is 2. The number of nitrogens with one attached hydrogen (secondary N) is 1. The highest BCUT2D eigenvalue weighted by Gasteiger charge is 2.25. The van der Waals surface area contributed by atoms with Gasteiger partial charge in [-0.05, 0) is 24.1 Å². The van der Waals surface area contributed by atoms with Gasteiger partial charge in [0.15, 0.2) is 0 Å². The molecule has 2 aromatic rings. The van der Waals surface area contributed by atoms with E-state index in [0.717, 1.165) is 38.3 Å². The largest absolute Gasteiger partial charge is 0.447 e. The van der Waals surface area contributed by atoms with Crippen molar-refractivity contribution < 1.29 is 14.3 Å². The maximum atomic E-state index is 11.8. The third-order valence-electron chi connectivity index (χ3n) is 5.73. The number of nitrogens with zero attached hydrogens (tertiary/aromatic N) is 5. The first-order valence-corrected chi connectivity index (χ1v) is 12.0. The second kappa shape index (κ2) is 12.3. The van der Waals surface area contributed by atoms with Gasteiger partial charge in [0.25, 0.3) is 0 Å². The molecular weight excluding hydrogens is 432 g/mol. The van der Waals surface area contributed by atoms with Gasteiger partial charge in [-0.2, -0.15) is 4.98 Å². The van der Waals surface area contributed by atoms with Gasteiger partial charge in [-0.3, -0.25) is 14.6 Å². The maximum absolute atomic E-state index is 11.8. The van der Waals surface area contributed by atoms with Gasteiger partial charge in [0.1, 0.15) is 12.4 Å². The molecule has 34 heavy (non-hydrogen) atoms. The molecule has 1 N–H and O–H groups in total. The number of rotatable bonds is 6. The van der Waals surface area contributed by atoms with E-state index in [1.165, 1.54) is 16.9 Å². The number of hydrogen-bond donors (Lipinski definition) is 1. The van der Waals surface area contributed by atoms with E-state index in [1.54, 1.807) is 19.2 Å². The molecule has 2 amide bonds. The minimum Gasteiger partial charge on any atom is -0.447 e. The van der Waals surface area contributed by atoms with Crippen molar-refractivity contribution in [1.82, 2.24) is 19.8 Å². The van der Waals surface area contributed by atoms with Gasteiger partial charge in [0, 0.05) is 45.8 Å². The molecule has 9 nitrogen and oxygen atoms in total. The van der Waals surface area contributed by atoms with Crippen LogP contribution in [0.15, 0.2) is 36.5 Å². The van der Waals surface area contributed by atoms with Crippen molar-refractivity contribution in [3.63, 3.8) is 0 Å². The number of carbonyl (C=O) groups is 2. The number of cyclic esters (lactones) is 1. The molecule has 4 rings (SSSR count). The summed E-state index contributed by atoms with van der Waals surface area (Å²) in [4.78, 5) is 37.7. The fourth-order valence-electron chi connectivity index (χ4n) is 3.84. The summed E-state index contributed by atoms with van der Waals surface area (Å²) in [6, 6.07) is 10.2. The highest BCUT2D eigenvalue weighted by Crippen LogP contribution is 2.21. The van der Waals surface area contributed by atoms with Gasteiger partial charge in [0.05, 0.1) is 12.6 Å².